The van der Waals surface area contributed by atoms with Crippen LogP contribution in [0.25, 0.3) is 0 Å². The predicted molar refractivity (Wildman–Crippen MR) is 117 cm³/mol. The Labute approximate surface area is 177 Å². The smallest absolute Gasteiger partial charge is 0.261 e. The van der Waals surface area contributed by atoms with Crippen molar-refractivity contribution in [3.8, 4) is 5.75 Å². The molecule has 3 aromatic carbocycles. The lowest BCUT2D eigenvalue weighted by molar-refractivity contribution is 0.0939. The van der Waals surface area contributed by atoms with Crippen LogP contribution in [0.2, 0.25) is 0 Å². The van der Waals surface area contributed by atoms with Gasteiger partial charge in [0, 0.05) is 11.1 Å². The monoisotopic (exact) mass is 424 g/mol. The number of amides is 1. The maximum absolute atomic E-state index is 12.7. The zero-order valence-corrected chi connectivity index (χ0v) is 17.9. The third kappa shape index (κ3) is 4.80. The third-order valence-corrected chi connectivity index (χ3v) is 6.12. The van der Waals surface area contributed by atoms with Gasteiger partial charge in [0.05, 0.1) is 23.7 Å². The highest BCUT2D eigenvalue weighted by Gasteiger charge is 2.18. The average Bonchev–Trinajstić information content (AvgIpc) is 2.75. The summed E-state index contributed by atoms with van der Waals surface area (Å²) in [7, 11) is -2.11. The van der Waals surface area contributed by atoms with Crippen LogP contribution in [0.15, 0.2) is 77.7 Å². The average molecular weight is 425 g/mol. The van der Waals surface area contributed by atoms with Crippen LogP contribution in [0.4, 0.5) is 5.69 Å². The Morgan fingerprint density at radius 3 is 2.30 bits per heavy atom. The van der Waals surface area contributed by atoms with E-state index in [0.717, 1.165) is 5.56 Å². The number of hydrogen-bond acceptors (Lipinski definition) is 4. The van der Waals surface area contributed by atoms with Gasteiger partial charge in [-0.05, 0) is 55.8 Å². The zero-order valence-electron chi connectivity index (χ0n) is 17.0. The Morgan fingerprint density at radius 2 is 1.63 bits per heavy atom. The second kappa shape index (κ2) is 9.00. The first-order valence-electron chi connectivity index (χ1n) is 9.44. The van der Waals surface area contributed by atoms with Crippen LogP contribution in [0.1, 0.15) is 34.5 Å². The van der Waals surface area contributed by atoms with Crippen LogP contribution in [0.5, 0.6) is 5.75 Å². The van der Waals surface area contributed by atoms with Crippen LogP contribution in [-0.2, 0) is 10.0 Å². The minimum Gasteiger partial charge on any atom is -0.496 e. The maximum Gasteiger partial charge on any atom is 0.261 e. The molecule has 0 unspecified atom stereocenters. The van der Waals surface area contributed by atoms with Gasteiger partial charge in [-0.2, -0.15) is 0 Å². The molecule has 0 bridgehead atoms. The number of para-hydroxylation sites is 1. The number of carbonyl (C=O) groups excluding carboxylic acids is 1. The van der Waals surface area contributed by atoms with Gasteiger partial charge in [-0.15, -0.1) is 0 Å². The molecule has 7 heteroatoms. The van der Waals surface area contributed by atoms with Gasteiger partial charge in [-0.25, -0.2) is 8.42 Å². The van der Waals surface area contributed by atoms with E-state index >= 15 is 0 Å². The molecule has 3 aromatic rings. The second-order valence-electron chi connectivity index (χ2n) is 6.89. The van der Waals surface area contributed by atoms with Gasteiger partial charge >= 0.3 is 0 Å². The Bertz CT molecular complexity index is 1140. The van der Waals surface area contributed by atoms with Crippen LogP contribution >= 0.6 is 0 Å². The first-order chi connectivity index (χ1) is 14.3. The van der Waals surface area contributed by atoms with E-state index in [1.807, 2.05) is 31.2 Å². The summed E-state index contributed by atoms with van der Waals surface area (Å²) in [4.78, 5) is 12.9. The van der Waals surface area contributed by atoms with E-state index in [-0.39, 0.29) is 16.8 Å². The topological polar surface area (TPSA) is 84.5 Å². The molecule has 2 N–H and O–H groups in total. The van der Waals surface area contributed by atoms with Crippen molar-refractivity contribution in [1.82, 2.24) is 5.32 Å². The summed E-state index contributed by atoms with van der Waals surface area (Å²) in [6, 6.07) is 20.2. The minimum atomic E-state index is -3.70. The number of methoxy groups -OCH3 is 1. The molecule has 1 atom stereocenters. The van der Waals surface area contributed by atoms with Crippen LogP contribution in [-0.4, -0.2) is 21.4 Å². The van der Waals surface area contributed by atoms with E-state index < -0.39 is 10.0 Å². The molecule has 156 valence electrons. The summed E-state index contributed by atoms with van der Waals surface area (Å²) in [5.41, 5.74) is 2.38. The molecule has 30 heavy (non-hydrogen) atoms. The molecular weight excluding hydrogens is 400 g/mol. The number of aryl methyl sites for hydroxylation is 1. The Hall–Kier alpha value is -3.32. The number of anilines is 1. The highest BCUT2D eigenvalue weighted by atomic mass is 32.2. The molecule has 3 rings (SSSR count). The largest absolute Gasteiger partial charge is 0.496 e. The predicted octanol–water partition coefficient (Wildman–Crippen LogP) is 4.30. The number of nitrogens with one attached hydrogen (secondary N) is 2. The molecule has 0 aliphatic heterocycles. The van der Waals surface area contributed by atoms with Gasteiger partial charge in [0.25, 0.3) is 15.9 Å². The Kier molecular flexibility index (Phi) is 6.42. The summed E-state index contributed by atoms with van der Waals surface area (Å²) in [6.45, 7) is 3.63. The molecule has 0 radical (unpaired) electrons. The van der Waals surface area contributed by atoms with E-state index in [4.69, 9.17) is 4.74 Å². The lowest BCUT2D eigenvalue weighted by Crippen LogP contribution is -2.27. The number of benzene rings is 3. The fourth-order valence-electron chi connectivity index (χ4n) is 3.10. The lowest BCUT2D eigenvalue weighted by Gasteiger charge is -2.18. The number of carbonyl (C=O) groups is 1. The number of ether oxygens (including phenoxy) is 1. The van der Waals surface area contributed by atoms with Crippen molar-refractivity contribution in [1.29, 1.82) is 0 Å². The van der Waals surface area contributed by atoms with Crippen molar-refractivity contribution < 1.29 is 17.9 Å². The quantitative estimate of drug-likeness (QED) is 0.592. The molecule has 0 aliphatic carbocycles. The molecule has 0 aliphatic rings. The van der Waals surface area contributed by atoms with Gasteiger partial charge in [-0.3, -0.25) is 9.52 Å². The molecule has 0 saturated heterocycles. The van der Waals surface area contributed by atoms with E-state index in [1.165, 1.54) is 12.1 Å². The number of rotatable bonds is 7. The second-order valence-corrected chi connectivity index (χ2v) is 8.57. The van der Waals surface area contributed by atoms with Crippen LogP contribution < -0.4 is 14.8 Å². The summed E-state index contributed by atoms with van der Waals surface area (Å²) < 4.78 is 33.0. The van der Waals surface area contributed by atoms with Crippen molar-refractivity contribution in [2.75, 3.05) is 11.8 Å². The van der Waals surface area contributed by atoms with Gasteiger partial charge in [0.15, 0.2) is 0 Å². The fourth-order valence-corrected chi connectivity index (χ4v) is 4.26. The summed E-state index contributed by atoms with van der Waals surface area (Å²) in [5.74, 6) is 0.445. The molecule has 0 fully saturated rings. The third-order valence-electron chi connectivity index (χ3n) is 4.74. The zero-order chi connectivity index (χ0) is 21.7. The van der Waals surface area contributed by atoms with Gasteiger partial charge < -0.3 is 10.1 Å². The highest BCUT2D eigenvalue weighted by Crippen LogP contribution is 2.25. The van der Waals surface area contributed by atoms with Gasteiger partial charge in [-0.1, -0.05) is 36.4 Å². The number of hydrogen-bond donors (Lipinski definition) is 2. The van der Waals surface area contributed by atoms with E-state index in [1.54, 1.807) is 50.4 Å². The lowest BCUT2D eigenvalue weighted by atomic mass is 10.1. The van der Waals surface area contributed by atoms with Crippen molar-refractivity contribution in [3.05, 3.63) is 89.5 Å². The van der Waals surface area contributed by atoms with Gasteiger partial charge in [0.1, 0.15) is 5.75 Å². The first kappa shape index (κ1) is 21.4. The van der Waals surface area contributed by atoms with Crippen molar-refractivity contribution in [2.24, 2.45) is 0 Å². The minimum absolute atomic E-state index is 0.178. The van der Waals surface area contributed by atoms with Crippen molar-refractivity contribution >= 4 is 21.6 Å². The normalized spacial score (nSPS) is 12.1. The molecule has 0 spiro atoms. The number of sulfonamides is 1. The summed E-state index contributed by atoms with van der Waals surface area (Å²) in [6.07, 6.45) is 0. The molecule has 1 amide bonds. The Balaban J connectivity index is 1.75. The summed E-state index contributed by atoms with van der Waals surface area (Å²) >= 11 is 0. The van der Waals surface area contributed by atoms with E-state index in [2.05, 4.69) is 10.0 Å². The molecule has 0 aromatic heterocycles. The first-order valence-corrected chi connectivity index (χ1v) is 10.9. The van der Waals surface area contributed by atoms with Crippen LogP contribution in [0, 0.1) is 6.92 Å². The molecule has 6 nitrogen and oxygen atoms in total. The van der Waals surface area contributed by atoms with Crippen molar-refractivity contribution in [2.45, 2.75) is 24.8 Å². The molecular formula is C23H24N2O4S. The molecule has 0 saturated carbocycles. The highest BCUT2D eigenvalue weighted by molar-refractivity contribution is 7.92. The maximum atomic E-state index is 12.7. The van der Waals surface area contributed by atoms with Crippen LogP contribution in [0.3, 0.4) is 0 Å². The van der Waals surface area contributed by atoms with Crippen molar-refractivity contribution in [3.63, 3.8) is 0 Å². The molecule has 0 heterocycles. The van der Waals surface area contributed by atoms with E-state index in [0.29, 0.717) is 22.6 Å². The summed E-state index contributed by atoms with van der Waals surface area (Å²) in [5, 5.41) is 2.95. The fraction of sp³-hybridized carbons (Fsp3) is 0.174. The Morgan fingerprint density at radius 1 is 0.967 bits per heavy atom. The SMILES string of the molecule is COc1ccccc1[C@@H](C)NC(=O)c1ccc(NS(=O)(=O)c2ccccc2)c(C)c1. The van der Waals surface area contributed by atoms with E-state index in [9.17, 15) is 13.2 Å². The van der Waals surface area contributed by atoms with Gasteiger partial charge in [0.2, 0.25) is 0 Å². The standard InChI is InChI=1S/C23H24N2O4S/c1-16-15-18(23(26)24-17(2)20-11-7-8-12-22(20)29-3)13-14-21(16)25-30(27,28)19-9-5-4-6-10-19/h4-15,17,25H,1-3H3,(H,24,26)/t17-/m1/s1.